The van der Waals surface area contributed by atoms with Gasteiger partial charge in [-0.05, 0) is 60.7 Å². The monoisotopic (exact) mass is 336 g/mol. The van der Waals surface area contributed by atoms with Crippen molar-refractivity contribution in [2.45, 2.75) is 26.3 Å². The van der Waals surface area contributed by atoms with E-state index in [-0.39, 0.29) is 11.9 Å². The molecule has 2 rings (SSSR count). The van der Waals surface area contributed by atoms with Gasteiger partial charge in [-0.15, -0.1) is 0 Å². The molecule has 1 atom stereocenters. The van der Waals surface area contributed by atoms with E-state index in [2.05, 4.69) is 27.4 Å². The summed E-state index contributed by atoms with van der Waals surface area (Å²) in [6.07, 6.45) is 0.726. The van der Waals surface area contributed by atoms with Gasteiger partial charge in [-0.2, -0.15) is 0 Å². The molecule has 0 saturated carbocycles. The quantitative estimate of drug-likeness (QED) is 0.655. The lowest BCUT2D eigenvalue weighted by molar-refractivity contribution is 0.549. The molecule has 0 fully saturated rings. The minimum absolute atomic E-state index is 0.00552. The maximum absolute atomic E-state index is 13.1. The number of rotatable bonds is 4. The number of benzene rings is 2. The maximum Gasteiger partial charge on any atom is 0.123 e. The summed E-state index contributed by atoms with van der Waals surface area (Å²) in [5.41, 5.74) is 7.17. The van der Waals surface area contributed by atoms with Gasteiger partial charge in [-0.25, -0.2) is 4.39 Å². The van der Waals surface area contributed by atoms with E-state index in [1.165, 1.54) is 11.6 Å². The Hall–Kier alpha value is -1.23. The van der Waals surface area contributed by atoms with Crippen LogP contribution < -0.4 is 11.3 Å². The molecule has 0 spiro atoms. The third-order valence-electron chi connectivity index (χ3n) is 3.51. The van der Waals surface area contributed by atoms with E-state index in [0.29, 0.717) is 0 Å². The Kier molecular flexibility index (Phi) is 4.91. The SMILES string of the molecule is Cc1cc(C(Cc2ccc(F)cc2C)NN)ccc1Br. The first-order chi connectivity index (χ1) is 9.51. The molecule has 0 aliphatic heterocycles. The third-order valence-corrected chi connectivity index (χ3v) is 4.40. The molecule has 0 radical (unpaired) electrons. The Bertz CT molecular complexity index is 613. The Balaban J connectivity index is 2.26. The molecule has 0 amide bonds. The van der Waals surface area contributed by atoms with Crippen molar-refractivity contribution in [1.82, 2.24) is 5.43 Å². The van der Waals surface area contributed by atoms with Crippen molar-refractivity contribution in [3.63, 3.8) is 0 Å². The molecule has 2 aromatic rings. The lowest BCUT2D eigenvalue weighted by Crippen LogP contribution is -2.29. The van der Waals surface area contributed by atoms with Crippen molar-refractivity contribution in [2.24, 2.45) is 5.84 Å². The average Bonchev–Trinajstić information content (AvgIpc) is 2.41. The van der Waals surface area contributed by atoms with Gasteiger partial charge < -0.3 is 0 Å². The van der Waals surface area contributed by atoms with Crippen LogP contribution in [0.15, 0.2) is 40.9 Å². The summed E-state index contributed by atoms with van der Waals surface area (Å²) in [6.45, 7) is 3.96. The number of nitrogens with two attached hydrogens (primary N) is 1. The predicted molar refractivity (Wildman–Crippen MR) is 83.8 cm³/mol. The Labute approximate surface area is 127 Å². The molecular weight excluding hydrogens is 319 g/mol. The van der Waals surface area contributed by atoms with Gasteiger partial charge >= 0.3 is 0 Å². The summed E-state index contributed by atoms with van der Waals surface area (Å²) in [7, 11) is 0. The van der Waals surface area contributed by atoms with Crippen LogP contribution >= 0.6 is 15.9 Å². The molecule has 2 nitrogen and oxygen atoms in total. The molecule has 0 heterocycles. The van der Waals surface area contributed by atoms with Gasteiger partial charge in [-0.3, -0.25) is 11.3 Å². The number of hydrogen-bond donors (Lipinski definition) is 2. The molecule has 0 saturated heterocycles. The lowest BCUT2D eigenvalue weighted by Gasteiger charge is -2.18. The fourth-order valence-electron chi connectivity index (χ4n) is 2.27. The van der Waals surface area contributed by atoms with Gasteiger partial charge in [0.15, 0.2) is 0 Å². The highest BCUT2D eigenvalue weighted by atomic mass is 79.9. The van der Waals surface area contributed by atoms with Crippen LogP contribution in [0.4, 0.5) is 4.39 Å². The summed E-state index contributed by atoms with van der Waals surface area (Å²) >= 11 is 3.49. The van der Waals surface area contributed by atoms with Crippen LogP contribution in [0.25, 0.3) is 0 Å². The zero-order chi connectivity index (χ0) is 14.7. The van der Waals surface area contributed by atoms with Gasteiger partial charge in [0.25, 0.3) is 0 Å². The summed E-state index contributed by atoms with van der Waals surface area (Å²) in [5.74, 6) is 5.48. The first-order valence-electron chi connectivity index (χ1n) is 6.48. The van der Waals surface area contributed by atoms with E-state index >= 15 is 0 Å². The second kappa shape index (κ2) is 6.48. The molecule has 4 heteroatoms. The van der Waals surface area contributed by atoms with E-state index in [4.69, 9.17) is 5.84 Å². The van der Waals surface area contributed by atoms with E-state index in [0.717, 1.165) is 27.6 Å². The average molecular weight is 337 g/mol. The van der Waals surface area contributed by atoms with Crippen LogP contribution in [-0.4, -0.2) is 0 Å². The summed E-state index contributed by atoms with van der Waals surface area (Å²) < 4.78 is 14.2. The number of hydrazine groups is 1. The van der Waals surface area contributed by atoms with Crippen LogP contribution in [0.5, 0.6) is 0 Å². The Morgan fingerprint density at radius 1 is 1.15 bits per heavy atom. The second-order valence-electron chi connectivity index (χ2n) is 5.00. The third kappa shape index (κ3) is 3.45. The van der Waals surface area contributed by atoms with Gasteiger partial charge in [-0.1, -0.05) is 34.1 Å². The van der Waals surface area contributed by atoms with Crippen LogP contribution in [-0.2, 0) is 6.42 Å². The van der Waals surface area contributed by atoms with Gasteiger partial charge in [0.1, 0.15) is 5.82 Å². The Morgan fingerprint density at radius 2 is 1.90 bits per heavy atom. The smallest absolute Gasteiger partial charge is 0.123 e. The van der Waals surface area contributed by atoms with Crippen LogP contribution in [0.2, 0.25) is 0 Å². The fraction of sp³-hybridized carbons (Fsp3) is 0.250. The molecular formula is C16H18BrFN2. The zero-order valence-electron chi connectivity index (χ0n) is 11.6. The van der Waals surface area contributed by atoms with Gasteiger partial charge in [0.05, 0.1) is 0 Å². The molecule has 106 valence electrons. The van der Waals surface area contributed by atoms with Crippen molar-refractivity contribution < 1.29 is 4.39 Å². The first-order valence-corrected chi connectivity index (χ1v) is 7.27. The fourth-order valence-corrected chi connectivity index (χ4v) is 2.51. The Morgan fingerprint density at radius 3 is 2.50 bits per heavy atom. The topological polar surface area (TPSA) is 38.0 Å². The van der Waals surface area contributed by atoms with E-state index in [1.807, 2.05) is 32.0 Å². The minimum Gasteiger partial charge on any atom is -0.271 e. The molecule has 3 N–H and O–H groups in total. The molecule has 0 aromatic heterocycles. The minimum atomic E-state index is -0.206. The summed E-state index contributed by atoms with van der Waals surface area (Å²) in [6, 6.07) is 11.0. The molecule has 0 aliphatic carbocycles. The lowest BCUT2D eigenvalue weighted by atomic mass is 9.95. The number of aryl methyl sites for hydroxylation is 2. The maximum atomic E-state index is 13.1. The highest BCUT2D eigenvalue weighted by Crippen LogP contribution is 2.24. The van der Waals surface area contributed by atoms with Crippen molar-refractivity contribution in [3.8, 4) is 0 Å². The van der Waals surface area contributed by atoms with Crippen LogP contribution in [0.1, 0.15) is 28.3 Å². The number of nitrogens with one attached hydrogen (secondary N) is 1. The van der Waals surface area contributed by atoms with Crippen molar-refractivity contribution >= 4 is 15.9 Å². The largest absolute Gasteiger partial charge is 0.271 e. The molecule has 20 heavy (non-hydrogen) atoms. The first kappa shape index (κ1) is 15.2. The summed E-state index contributed by atoms with van der Waals surface area (Å²) in [5, 5.41) is 0. The number of hydrogen-bond acceptors (Lipinski definition) is 2. The van der Waals surface area contributed by atoms with E-state index in [9.17, 15) is 4.39 Å². The summed E-state index contributed by atoms with van der Waals surface area (Å²) in [4.78, 5) is 0. The normalized spacial score (nSPS) is 12.4. The number of halogens is 2. The molecule has 1 unspecified atom stereocenters. The van der Waals surface area contributed by atoms with Crippen LogP contribution in [0, 0.1) is 19.7 Å². The van der Waals surface area contributed by atoms with Gasteiger partial charge in [0.2, 0.25) is 0 Å². The van der Waals surface area contributed by atoms with Crippen LogP contribution in [0.3, 0.4) is 0 Å². The van der Waals surface area contributed by atoms with Crippen molar-refractivity contribution in [1.29, 1.82) is 0 Å². The van der Waals surface area contributed by atoms with Crippen molar-refractivity contribution in [2.75, 3.05) is 0 Å². The van der Waals surface area contributed by atoms with Crippen molar-refractivity contribution in [3.05, 3.63) is 68.9 Å². The second-order valence-corrected chi connectivity index (χ2v) is 5.86. The standard InChI is InChI=1S/C16H18BrFN2/c1-10-8-14(18)5-3-12(10)9-16(20-19)13-4-6-15(17)11(2)7-13/h3-8,16,20H,9,19H2,1-2H3. The molecule has 2 aromatic carbocycles. The van der Waals surface area contributed by atoms with Gasteiger partial charge in [0, 0.05) is 10.5 Å². The molecule has 0 aliphatic rings. The van der Waals surface area contributed by atoms with E-state index in [1.54, 1.807) is 6.07 Å². The highest BCUT2D eigenvalue weighted by Gasteiger charge is 2.13. The molecule has 0 bridgehead atoms. The highest BCUT2D eigenvalue weighted by molar-refractivity contribution is 9.10. The predicted octanol–water partition coefficient (Wildman–Crippen LogP) is 3.95. The van der Waals surface area contributed by atoms with E-state index < -0.39 is 0 Å². The zero-order valence-corrected chi connectivity index (χ0v) is 13.2.